The number of amides is 1. The maximum Gasteiger partial charge on any atom is 0.257 e. The average Bonchev–Trinajstić information content (AvgIpc) is 2.60. The van der Waals surface area contributed by atoms with Crippen molar-refractivity contribution in [1.29, 1.82) is 0 Å². The molecule has 0 spiro atoms. The summed E-state index contributed by atoms with van der Waals surface area (Å²) in [5.74, 6) is -0.186. The summed E-state index contributed by atoms with van der Waals surface area (Å²) in [6.45, 7) is 2.45. The average molecular weight is 307 g/mol. The molecule has 3 aromatic rings. The normalized spacial score (nSPS) is 10.5. The maximum atomic E-state index is 12.3. The van der Waals surface area contributed by atoms with Crippen LogP contribution in [-0.4, -0.2) is 17.5 Å². The van der Waals surface area contributed by atoms with Gasteiger partial charge in [-0.1, -0.05) is 30.3 Å². The summed E-state index contributed by atoms with van der Waals surface area (Å²) in [7, 11) is 0. The minimum Gasteiger partial charge on any atom is -0.322 e. The minimum atomic E-state index is -0.186. The number of aromatic nitrogens is 1. The fourth-order valence-electron chi connectivity index (χ4n) is 2.24. The summed E-state index contributed by atoms with van der Waals surface area (Å²) in [6.07, 6.45) is 1.57. The Morgan fingerprint density at radius 3 is 2.74 bits per heavy atom. The van der Waals surface area contributed by atoms with E-state index in [4.69, 9.17) is 4.84 Å². The van der Waals surface area contributed by atoms with Crippen molar-refractivity contribution in [3.05, 3.63) is 66.4 Å². The Morgan fingerprint density at radius 2 is 1.96 bits per heavy atom. The molecule has 0 aliphatic carbocycles. The molecule has 0 saturated heterocycles. The Balaban J connectivity index is 1.86. The van der Waals surface area contributed by atoms with Crippen molar-refractivity contribution in [2.75, 3.05) is 17.4 Å². The Kier molecular flexibility index (Phi) is 4.49. The van der Waals surface area contributed by atoms with Crippen LogP contribution in [0.4, 0.5) is 11.4 Å². The predicted octanol–water partition coefficient (Wildman–Crippen LogP) is 3.85. The van der Waals surface area contributed by atoms with E-state index in [0.717, 1.165) is 22.3 Å². The summed E-state index contributed by atoms with van der Waals surface area (Å²) in [6, 6.07) is 16.8. The summed E-state index contributed by atoms with van der Waals surface area (Å²) >= 11 is 0. The van der Waals surface area contributed by atoms with E-state index in [0.29, 0.717) is 12.2 Å². The number of benzene rings is 2. The van der Waals surface area contributed by atoms with Crippen LogP contribution in [0.15, 0.2) is 60.8 Å². The predicted molar refractivity (Wildman–Crippen MR) is 91.4 cm³/mol. The number of para-hydroxylation sites is 2. The lowest BCUT2D eigenvalue weighted by Crippen LogP contribution is -2.12. The molecule has 116 valence electrons. The molecule has 0 saturated carbocycles. The SMILES string of the molecule is CCONc1cccc2cc(C(=O)Nc3ccccc3)cnc12. The summed E-state index contributed by atoms with van der Waals surface area (Å²) in [5.41, 5.74) is 5.66. The van der Waals surface area contributed by atoms with E-state index in [-0.39, 0.29) is 5.91 Å². The van der Waals surface area contributed by atoms with Gasteiger partial charge in [0.2, 0.25) is 0 Å². The monoisotopic (exact) mass is 307 g/mol. The highest BCUT2D eigenvalue weighted by molar-refractivity contribution is 6.06. The number of nitrogens with zero attached hydrogens (tertiary/aromatic N) is 1. The lowest BCUT2D eigenvalue weighted by atomic mass is 10.1. The Labute approximate surface area is 134 Å². The van der Waals surface area contributed by atoms with E-state index in [1.54, 1.807) is 6.20 Å². The molecule has 2 aromatic carbocycles. The zero-order valence-corrected chi connectivity index (χ0v) is 12.7. The van der Waals surface area contributed by atoms with Crippen molar-refractivity contribution in [3.63, 3.8) is 0 Å². The van der Waals surface area contributed by atoms with Gasteiger partial charge in [0.25, 0.3) is 5.91 Å². The third kappa shape index (κ3) is 3.46. The molecule has 3 rings (SSSR count). The smallest absolute Gasteiger partial charge is 0.257 e. The second kappa shape index (κ2) is 6.89. The second-order valence-corrected chi connectivity index (χ2v) is 4.96. The molecule has 1 amide bonds. The highest BCUT2D eigenvalue weighted by Gasteiger charge is 2.09. The van der Waals surface area contributed by atoms with E-state index in [1.165, 1.54) is 0 Å². The number of carbonyl (C=O) groups excluding carboxylic acids is 1. The van der Waals surface area contributed by atoms with Crippen LogP contribution in [0, 0.1) is 0 Å². The van der Waals surface area contributed by atoms with E-state index in [2.05, 4.69) is 15.8 Å². The quantitative estimate of drug-likeness (QED) is 0.703. The van der Waals surface area contributed by atoms with Gasteiger partial charge in [0, 0.05) is 17.3 Å². The highest BCUT2D eigenvalue weighted by atomic mass is 16.6. The van der Waals surface area contributed by atoms with Gasteiger partial charge < -0.3 is 5.32 Å². The minimum absolute atomic E-state index is 0.186. The van der Waals surface area contributed by atoms with Gasteiger partial charge in [-0.15, -0.1) is 0 Å². The van der Waals surface area contributed by atoms with Crippen molar-refractivity contribution < 1.29 is 9.63 Å². The summed E-state index contributed by atoms with van der Waals surface area (Å²) in [5, 5.41) is 3.72. The fourth-order valence-corrected chi connectivity index (χ4v) is 2.24. The maximum absolute atomic E-state index is 12.3. The molecule has 2 N–H and O–H groups in total. The van der Waals surface area contributed by atoms with Gasteiger partial charge in [-0.05, 0) is 31.2 Å². The van der Waals surface area contributed by atoms with Gasteiger partial charge in [-0.2, -0.15) is 0 Å². The fraction of sp³-hybridized carbons (Fsp3) is 0.111. The molecule has 1 aromatic heterocycles. The lowest BCUT2D eigenvalue weighted by molar-refractivity contribution is 0.102. The topological polar surface area (TPSA) is 63.2 Å². The zero-order chi connectivity index (χ0) is 16.1. The van der Waals surface area contributed by atoms with Crippen LogP contribution in [-0.2, 0) is 4.84 Å². The van der Waals surface area contributed by atoms with Crippen LogP contribution >= 0.6 is 0 Å². The zero-order valence-electron chi connectivity index (χ0n) is 12.7. The van der Waals surface area contributed by atoms with E-state index < -0.39 is 0 Å². The van der Waals surface area contributed by atoms with Crippen LogP contribution in [0.5, 0.6) is 0 Å². The van der Waals surface area contributed by atoms with Crippen molar-refractivity contribution in [2.24, 2.45) is 0 Å². The summed E-state index contributed by atoms with van der Waals surface area (Å²) in [4.78, 5) is 21.9. The number of pyridine rings is 1. The molecule has 0 unspecified atom stereocenters. The van der Waals surface area contributed by atoms with Crippen LogP contribution in [0.25, 0.3) is 10.9 Å². The molecule has 0 atom stereocenters. The van der Waals surface area contributed by atoms with E-state index in [9.17, 15) is 4.79 Å². The highest BCUT2D eigenvalue weighted by Crippen LogP contribution is 2.22. The van der Waals surface area contributed by atoms with Gasteiger partial charge in [0.1, 0.15) is 0 Å². The largest absolute Gasteiger partial charge is 0.322 e. The van der Waals surface area contributed by atoms with Crippen LogP contribution < -0.4 is 10.8 Å². The third-order valence-corrected chi connectivity index (χ3v) is 3.33. The Bertz CT molecular complexity index is 819. The number of hydrogen-bond acceptors (Lipinski definition) is 4. The van der Waals surface area contributed by atoms with E-state index >= 15 is 0 Å². The van der Waals surface area contributed by atoms with Crippen molar-refractivity contribution in [3.8, 4) is 0 Å². The standard InChI is InChI=1S/C18H17N3O2/c1-2-23-21-16-10-6-7-13-11-14(12-19-17(13)16)18(22)20-15-8-4-3-5-9-15/h3-12,21H,2H2,1H3,(H,20,22). The number of rotatable bonds is 5. The molecular formula is C18H17N3O2. The van der Waals surface area contributed by atoms with Gasteiger partial charge >= 0.3 is 0 Å². The van der Waals surface area contributed by atoms with Crippen LogP contribution in [0.1, 0.15) is 17.3 Å². The number of hydrogen-bond donors (Lipinski definition) is 2. The van der Waals surface area contributed by atoms with Crippen LogP contribution in [0.3, 0.4) is 0 Å². The number of carbonyl (C=O) groups is 1. The molecule has 5 heteroatoms. The molecule has 0 bridgehead atoms. The van der Waals surface area contributed by atoms with Gasteiger partial charge in [0.05, 0.1) is 23.4 Å². The molecule has 0 radical (unpaired) electrons. The first-order chi connectivity index (χ1) is 11.3. The number of anilines is 2. The van der Waals surface area contributed by atoms with Gasteiger partial charge in [-0.3, -0.25) is 20.1 Å². The molecule has 1 heterocycles. The molecule has 5 nitrogen and oxygen atoms in total. The van der Waals surface area contributed by atoms with Crippen molar-refractivity contribution >= 4 is 28.2 Å². The Hall–Kier alpha value is -2.92. The first-order valence-electron chi connectivity index (χ1n) is 7.41. The van der Waals surface area contributed by atoms with E-state index in [1.807, 2.05) is 61.5 Å². The van der Waals surface area contributed by atoms with Crippen molar-refractivity contribution in [2.45, 2.75) is 6.92 Å². The molecular weight excluding hydrogens is 290 g/mol. The summed E-state index contributed by atoms with van der Waals surface area (Å²) < 4.78 is 0. The van der Waals surface area contributed by atoms with Crippen LogP contribution in [0.2, 0.25) is 0 Å². The molecule has 0 aliphatic rings. The van der Waals surface area contributed by atoms with Crippen molar-refractivity contribution in [1.82, 2.24) is 4.98 Å². The molecule has 0 fully saturated rings. The molecule has 0 aliphatic heterocycles. The third-order valence-electron chi connectivity index (χ3n) is 3.33. The van der Waals surface area contributed by atoms with Gasteiger partial charge in [-0.25, -0.2) is 0 Å². The number of fused-ring (bicyclic) bond motifs is 1. The first kappa shape index (κ1) is 15.0. The van der Waals surface area contributed by atoms with Gasteiger partial charge in [0.15, 0.2) is 0 Å². The molecule has 23 heavy (non-hydrogen) atoms. The second-order valence-electron chi connectivity index (χ2n) is 4.96. The number of nitrogens with one attached hydrogen (secondary N) is 2. The Morgan fingerprint density at radius 1 is 1.13 bits per heavy atom. The lowest BCUT2D eigenvalue weighted by Gasteiger charge is -2.09. The first-order valence-corrected chi connectivity index (χ1v) is 7.41.